The van der Waals surface area contributed by atoms with Crippen molar-refractivity contribution in [3.8, 4) is 0 Å². The van der Waals surface area contributed by atoms with Crippen molar-refractivity contribution in [1.29, 1.82) is 0 Å². The molecule has 0 aromatic heterocycles. The van der Waals surface area contributed by atoms with Crippen molar-refractivity contribution >= 4 is 8.32 Å². The summed E-state index contributed by atoms with van der Waals surface area (Å²) < 4.78 is 18.6. The van der Waals surface area contributed by atoms with Crippen LogP contribution in [0.1, 0.15) is 41.5 Å². The lowest BCUT2D eigenvalue weighted by atomic mass is 9.75. The first-order chi connectivity index (χ1) is 8.04. The smallest absolute Gasteiger partial charge is 0.200 e. The van der Waals surface area contributed by atoms with Gasteiger partial charge in [-0.15, -0.1) is 0 Å². The summed E-state index contributed by atoms with van der Waals surface area (Å²) in [4.78, 5) is 0. The predicted molar refractivity (Wildman–Crippen MR) is 77.2 cm³/mol. The van der Waals surface area contributed by atoms with Gasteiger partial charge in [0.1, 0.15) is 5.60 Å². The Morgan fingerprint density at radius 3 is 1.78 bits per heavy atom. The second-order valence-electron chi connectivity index (χ2n) is 6.92. The van der Waals surface area contributed by atoms with Gasteiger partial charge < -0.3 is 13.9 Å². The second-order valence-corrected chi connectivity index (χ2v) is 11.0. The molecule has 0 aliphatic carbocycles. The van der Waals surface area contributed by atoms with Crippen LogP contribution in [-0.4, -0.2) is 32.9 Å². The Bertz CT molecular complexity index is 269. The molecule has 3 nitrogen and oxygen atoms in total. The molecule has 0 radical (unpaired) electrons. The molecule has 1 saturated heterocycles. The highest BCUT2D eigenvalue weighted by molar-refractivity contribution is 6.71. The van der Waals surface area contributed by atoms with Crippen molar-refractivity contribution in [2.75, 3.05) is 13.2 Å². The number of rotatable bonds is 4. The quantitative estimate of drug-likeness (QED) is 0.576. The van der Waals surface area contributed by atoms with Crippen molar-refractivity contribution < 1.29 is 13.9 Å². The predicted octanol–water partition coefficient (Wildman–Crippen LogP) is 3.80. The van der Waals surface area contributed by atoms with Crippen LogP contribution in [0.5, 0.6) is 0 Å². The van der Waals surface area contributed by atoms with Crippen LogP contribution >= 0.6 is 0 Å². The van der Waals surface area contributed by atoms with Crippen molar-refractivity contribution in [2.24, 2.45) is 5.41 Å². The summed E-state index contributed by atoms with van der Waals surface area (Å²) in [6, 6.07) is 1.05. The standard InChI is InChI=1S/C14H30O3Si/c1-9-15-14(16-10-2)12(3,4)11-18(7,8)17-13(14,5)6/h9-11H2,1-8H3. The third-order valence-electron chi connectivity index (χ3n) is 3.78. The van der Waals surface area contributed by atoms with Crippen molar-refractivity contribution in [1.82, 2.24) is 0 Å². The lowest BCUT2D eigenvalue weighted by Crippen LogP contribution is -2.71. The first-order valence-electron chi connectivity index (χ1n) is 7.02. The molecule has 0 saturated carbocycles. The topological polar surface area (TPSA) is 27.7 Å². The van der Waals surface area contributed by atoms with E-state index in [1.807, 2.05) is 13.8 Å². The van der Waals surface area contributed by atoms with Crippen molar-refractivity contribution in [3.63, 3.8) is 0 Å². The molecule has 0 atom stereocenters. The highest BCUT2D eigenvalue weighted by Gasteiger charge is 2.64. The average molecular weight is 274 g/mol. The summed E-state index contributed by atoms with van der Waals surface area (Å²) in [6.45, 7) is 18.6. The summed E-state index contributed by atoms with van der Waals surface area (Å²) in [6.07, 6.45) is 0. The molecule has 1 heterocycles. The van der Waals surface area contributed by atoms with Crippen LogP contribution in [0.4, 0.5) is 0 Å². The first kappa shape index (κ1) is 16.2. The van der Waals surface area contributed by atoms with E-state index in [0.717, 1.165) is 6.04 Å². The fraction of sp³-hybridized carbons (Fsp3) is 1.00. The first-order valence-corrected chi connectivity index (χ1v) is 10.1. The molecule has 0 aromatic rings. The maximum absolute atomic E-state index is 6.41. The van der Waals surface area contributed by atoms with Crippen LogP contribution in [0, 0.1) is 5.41 Å². The molecule has 0 unspecified atom stereocenters. The number of hydrogen-bond acceptors (Lipinski definition) is 3. The largest absolute Gasteiger partial charge is 0.407 e. The minimum absolute atomic E-state index is 0.0451. The van der Waals surface area contributed by atoms with E-state index in [2.05, 4.69) is 40.8 Å². The minimum Gasteiger partial charge on any atom is -0.407 e. The normalized spacial score (nSPS) is 28.0. The van der Waals surface area contributed by atoms with Gasteiger partial charge in [0.2, 0.25) is 5.79 Å². The van der Waals surface area contributed by atoms with Crippen LogP contribution in [0.25, 0.3) is 0 Å². The molecule has 18 heavy (non-hydrogen) atoms. The van der Waals surface area contributed by atoms with Crippen LogP contribution in [-0.2, 0) is 13.9 Å². The van der Waals surface area contributed by atoms with E-state index in [9.17, 15) is 0 Å². The zero-order chi connectivity index (χ0) is 14.2. The summed E-state index contributed by atoms with van der Waals surface area (Å²) in [7, 11) is -1.67. The monoisotopic (exact) mass is 274 g/mol. The molecule has 0 spiro atoms. The lowest BCUT2D eigenvalue weighted by Gasteiger charge is -2.61. The highest BCUT2D eigenvalue weighted by atomic mass is 28.4. The molecule has 0 aromatic carbocycles. The van der Waals surface area contributed by atoms with E-state index < -0.39 is 19.7 Å². The molecular weight excluding hydrogens is 244 g/mol. The summed E-state index contributed by atoms with van der Waals surface area (Å²) in [5, 5.41) is 0. The Labute approximate surface area is 113 Å². The molecular formula is C14H30O3Si. The van der Waals surface area contributed by atoms with Gasteiger partial charge in [0.05, 0.1) is 0 Å². The fourth-order valence-electron chi connectivity index (χ4n) is 3.98. The van der Waals surface area contributed by atoms with Crippen LogP contribution in [0.3, 0.4) is 0 Å². The van der Waals surface area contributed by atoms with Gasteiger partial charge in [-0.25, -0.2) is 0 Å². The van der Waals surface area contributed by atoms with E-state index >= 15 is 0 Å². The van der Waals surface area contributed by atoms with Gasteiger partial charge in [-0.1, -0.05) is 13.8 Å². The molecule has 4 heteroatoms. The third kappa shape index (κ3) is 2.53. The Balaban J connectivity index is 3.26. The fourth-order valence-corrected chi connectivity index (χ4v) is 7.93. The lowest BCUT2D eigenvalue weighted by molar-refractivity contribution is -0.358. The highest BCUT2D eigenvalue weighted by Crippen LogP contribution is 2.54. The number of hydrogen-bond donors (Lipinski definition) is 0. The van der Waals surface area contributed by atoms with Gasteiger partial charge in [0.25, 0.3) is 0 Å². The van der Waals surface area contributed by atoms with Gasteiger partial charge in [-0.2, -0.15) is 0 Å². The molecule has 0 amide bonds. The van der Waals surface area contributed by atoms with Crippen molar-refractivity contribution in [2.45, 2.75) is 72.1 Å². The van der Waals surface area contributed by atoms with Gasteiger partial charge in [0.15, 0.2) is 8.32 Å². The third-order valence-corrected chi connectivity index (χ3v) is 6.58. The Morgan fingerprint density at radius 2 is 1.44 bits per heavy atom. The number of ether oxygens (including phenoxy) is 2. The van der Waals surface area contributed by atoms with E-state index in [1.54, 1.807) is 0 Å². The molecule has 0 N–H and O–H groups in total. The Morgan fingerprint density at radius 1 is 1.00 bits per heavy atom. The summed E-state index contributed by atoms with van der Waals surface area (Å²) in [5.41, 5.74) is -0.465. The zero-order valence-electron chi connectivity index (χ0n) is 13.3. The van der Waals surface area contributed by atoms with Crippen molar-refractivity contribution in [3.05, 3.63) is 0 Å². The maximum Gasteiger partial charge on any atom is 0.200 e. The molecule has 1 aliphatic rings. The van der Waals surface area contributed by atoms with Gasteiger partial charge in [0, 0.05) is 18.6 Å². The van der Waals surface area contributed by atoms with Gasteiger partial charge in [-0.05, 0) is 46.8 Å². The molecule has 1 aliphatic heterocycles. The van der Waals surface area contributed by atoms with Crippen LogP contribution in [0.2, 0.25) is 19.1 Å². The van der Waals surface area contributed by atoms with Gasteiger partial charge in [-0.3, -0.25) is 0 Å². The molecule has 1 rings (SSSR count). The van der Waals surface area contributed by atoms with E-state index in [0.29, 0.717) is 13.2 Å². The zero-order valence-corrected chi connectivity index (χ0v) is 14.3. The van der Waals surface area contributed by atoms with Crippen LogP contribution < -0.4 is 0 Å². The SMILES string of the molecule is CCOC1(OCC)C(C)(C)C[Si](C)(C)OC1(C)C. The Kier molecular flexibility index (Phi) is 4.39. The summed E-state index contributed by atoms with van der Waals surface area (Å²) >= 11 is 0. The molecule has 0 bridgehead atoms. The second kappa shape index (κ2) is 4.89. The minimum atomic E-state index is -1.67. The van der Waals surface area contributed by atoms with Gasteiger partial charge >= 0.3 is 0 Å². The maximum atomic E-state index is 6.41. The van der Waals surface area contributed by atoms with E-state index in [4.69, 9.17) is 13.9 Å². The summed E-state index contributed by atoms with van der Waals surface area (Å²) in [5.74, 6) is -0.661. The van der Waals surface area contributed by atoms with Crippen LogP contribution in [0.15, 0.2) is 0 Å². The molecule has 108 valence electrons. The Hall–Kier alpha value is 0.0969. The van der Waals surface area contributed by atoms with E-state index in [-0.39, 0.29) is 5.41 Å². The molecule has 1 fully saturated rings. The average Bonchev–Trinajstić information content (AvgIpc) is 2.11. The van der Waals surface area contributed by atoms with E-state index in [1.165, 1.54) is 0 Å².